The van der Waals surface area contributed by atoms with Crippen molar-refractivity contribution >= 4 is 55.1 Å². The Bertz CT molecular complexity index is 1400. The zero-order valence-electron chi connectivity index (χ0n) is 22.9. The zero-order valence-corrected chi connectivity index (χ0v) is 26.1. The number of halogens is 2. The lowest BCUT2D eigenvalue weighted by Crippen LogP contribution is -2.53. The maximum Gasteiger partial charge on any atom is 0.244 e. The number of hydrogen-bond acceptors (Lipinski definition) is 4. The van der Waals surface area contributed by atoms with Gasteiger partial charge in [0.15, 0.2) is 0 Å². The van der Waals surface area contributed by atoms with Crippen LogP contribution in [0.3, 0.4) is 0 Å². The van der Waals surface area contributed by atoms with E-state index in [4.69, 9.17) is 11.6 Å². The Morgan fingerprint density at radius 2 is 1.65 bits per heavy atom. The molecule has 1 atom stereocenters. The predicted molar refractivity (Wildman–Crippen MR) is 165 cm³/mol. The smallest absolute Gasteiger partial charge is 0.244 e. The number of carbonyl (C=O) groups excluding carboxylic acids is 2. The van der Waals surface area contributed by atoms with Crippen LogP contribution in [0.4, 0.5) is 5.69 Å². The lowest BCUT2D eigenvalue weighted by Gasteiger charge is -2.34. The molecule has 0 radical (unpaired) electrons. The largest absolute Gasteiger partial charge is 0.354 e. The van der Waals surface area contributed by atoms with Gasteiger partial charge in [0.2, 0.25) is 21.8 Å². The highest BCUT2D eigenvalue weighted by Gasteiger charge is 2.33. The molecule has 0 aromatic heterocycles. The van der Waals surface area contributed by atoms with Crippen LogP contribution in [0.1, 0.15) is 36.5 Å². The minimum absolute atomic E-state index is 0.122. The number of amides is 2. The number of unbranched alkanes of at least 4 members (excludes halogenated alkanes) is 1. The van der Waals surface area contributed by atoms with E-state index in [0.29, 0.717) is 22.8 Å². The van der Waals surface area contributed by atoms with Gasteiger partial charge in [0, 0.05) is 29.0 Å². The van der Waals surface area contributed by atoms with Gasteiger partial charge < -0.3 is 10.2 Å². The summed E-state index contributed by atoms with van der Waals surface area (Å²) in [5, 5.41) is 3.37. The van der Waals surface area contributed by atoms with E-state index in [2.05, 4.69) is 21.2 Å². The molecule has 3 rings (SSSR count). The molecule has 1 N–H and O–H groups in total. The molecule has 0 saturated heterocycles. The summed E-state index contributed by atoms with van der Waals surface area (Å²) >= 11 is 9.73. The number of hydrogen-bond donors (Lipinski definition) is 1. The highest BCUT2D eigenvalue weighted by molar-refractivity contribution is 9.10. The Balaban J connectivity index is 2.05. The summed E-state index contributed by atoms with van der Waals surface area (Å²) < 4.78 is 27.8. The van der Waals surface area contributed by atoms with E-state index in [0.717, 1.165) is 39.0 Å². The van der Waals surface area contributed by atoms with E-state index in [1.165, 1.54) is 4.90 Å². The maximum absolute atomic E-state index is 14.1. The third kappa shape index (κ3) is 8.81. The fourth-order valence-corrected chi connectivity index (χ4v) is 5.64. The van der Waals surface area contributed by atoms with Crippen LogP contribution >= 0.6 is 27.5 Å². The minimum atomic E-state index is -3.87. The van der Waals surface area contributed by atoms with Crippen molar-refractivity contribution in [1.29, 1.82) is 0 Å². The second-order valence-electron chi connectivity index (χ2n) is 9.65. The van der Waals surface area contributed by atoms with Crippen LogP contribution in [0.5, 0.6) is 0 Å². The second kappa shape index (κ2) is 14.7. The average molecular weight is 649 g/mol. The van der Waals surface area contributed by atoms with Crippen molar-refractivity contribution in [2.45, 2.75) is 45.7 Å². The van der Waals surface area contributed by atoms with Crippen molar-refractivity contribution in [2.24, 2.45) is 0 Å². The number of anilines is 1. The van der Waals surface area contributed by atoms with Gasteiger partial charge in [-0.2, -0.15) is 0 Å². The van der Waals surface area contributed by atoms with Crippen LogP contribution in [0, 0.1) is 6.92 Å². The SMILES string of the molecule is CCCCNC(=O)[C@@H](Cc1ccccc1)N(Cc1ccc(Br)cc1)C(=O)CN(c1cccc(Cl)c1C)S(C)(=O)=O. The van der Waals surface area contributed by atoms with Crippen molar-refractivity contribution in [3.8, 4) is 0 Å². The van der Waals surface area contributed by atoms with Gasteiger partial charge in [0.1, 0.15) is 12.6 Å². The Morgan fingerprint density at radius 3 is 2.27 bits per heavy atom. The molecule has 3 aromatic carbocycles. The van der Waals surface area contributed by atoms with Gasteiger partial charge in [-0.25, -0.2) is 8.42 Å². The van der Waals surface area contributed by atoms with Crippen molar-refractivity contribution in [3.63, 3.8) is 0 Å². The molecule has 40 heavy (non-hydrogen) atoms. The molecule has 0 heterocycles. The van der Waals surface area contributed by atoms with E-state index < -0.39 is 28.5 Å². The van der Waals surface area contributed by atoms with E-state index in [1.54, 1.807) is 25.1 Å². The fourth-order valence-electron chi connectivity index (χ4n) is 4.31. The Hall–Kier alpha value is -2.88. The molecule has 2 amide bonds. The Labute approximate surface area is 250 Å². The molecular weight excluding hydrogens is 614 g/mol. The van der Waals surface area contributed by atoms with Crippen molar-refractivity contribution < 1.29 is 18.0 Å². The van der Waals surface area contributed by atoms with Gasteiger partial charge in [-0.05, 0) is 54.3 Å². The summed E-state index contributed by atoms with van der Waals surface area (Å²) in [4.78, 5) is 29.2. The van der Waals surface area contributed by atoms with Gasteiger partial charge in [0.25, 0.3) is 0 Å². The molecule has 0 aliphatic rings. The topological polar surface area (TPSA) is 86.8 Å². The highest BCUT2D eigenvalue weighted by atomic mass is 79.9. The summed E-state index contributed by atoms with van der Waals surface area (Å²) in [5.74, 6) is -0.785. The first-order chi connectivity index (χ1) is 19.0. The van der Waals surface area contributed by atoms with Gasteiger partial charge in [-0.3, -0.25) is 13.9 Å². The van der Waals surface area contributed by atoms with Crippen molar-refractivity contribution in [2.75, 3.05) is 23.7 Å². The van der Waals surface area contributed by atoms with E-state index >= 15 is 0 Å². The van der Waals surface area contributed by atoms with Crippen LogP contribution in [0.2, 0.25) is 5.02 Å². The van der Waals surface area contributed by atoms with Crippen LogP contribution in [0.25, 0.3) is 0 Å². The first-order valence-corrected chi connectivity index (χ1v) is 16.1. The van der Waals surface area contributed by atoms with Crippen molar-refractivity contribution in [3.05, 3.63) is 99.0 Å². The molecule has 3 aromatic rings. The molecule has 7 nitrogen and oxygen atoms in total. The third-order valence-electron chi connectivity index (χ3n) is 6.55. The van der Waals surface area contributed by atoms with Gasteiger partial charge in [0.05, 0.1) is 11.9 Å². The monoisotopic (exact) mass is 647 g/mol. The number of nitrogens with zero attached hydrogens (tertiary/aromatic N) is 2. The van der Waals surface area contributed by atoms with Crippen molar-refractivity contribution in [1.82, 2.24) is 10.2 Å². The lowest BCUT2D eigenvalue weighted by atomic mass is 10.0. The molecule has 0 spiro atoms. The van der Waals surface area contributed by atoms with Gasteiger partial charge in [-0.1, -0.05) is 89.4 Å². The van der Waals surface area contributed by atoms with Gasteiger partial charge in [-0.15, -0.1) is 0 Å². The molecule has 0 unspecified atom stereocenters. The predicted octanol–water partition coefficient (Wildman–Crippen LogP) is 5.73. The van der Waals surface area contributed by atoms with Crippen LogP contribution < -0.4 is 9.62 Å². The summed E-state index contributed by atoms with van der Waals surface area (Å²) in [6.45, 7) is 3.87. The summed E-state index contributed by atoms with van der Waals surface area (Å²) in [6.07, 6.45) is 3.04. The molecule has 0 bridgehead atoms. The van der Waals surface area contributed by atoms with Crippen LogP contribution in [0.15, 0.2) is 77.3 Å². The fraction of sp³-hybridized carbons (Fsp3) is 0.333. The average Bonchev–Trinajstić information content (AvgIpc) is 2.92. The standard InChI is InChI=1S/C30H35BrClN3O4S/c1-4-5-18-33-30(37)28(19-23-10-7-6-8-11-23)34(20-24-14-16-25(31)17-15-24)29(36)21-35(40(3,38)39)27-13-9-12-26(32)22(27)2/h6-17,28H,4-5,18-21H2,1-3H3,(H,33,37)/t28-/m1/s1. The Kier molecular flexibility index (Phi) is 11.6. The zero-order chi connectivity index (χ0) is 29.3. The highest BCUT2D eigenvalue weighted by Crippen LogP contribution is 2.28. The second-order valence-corrected chi connectivity index (χ2v) is 12.9. The van der Waals surface area contributed by atoms with E-state index in [9.17, 15) is 18.0 Å². The summed E-state index contributed by atoms with van der Waals surface area (Å²) in [7, 11) is -3.87. The van der Waals surface area contributed by atoms with E-state index in [-0.39, 0.29) is 18.9 Å². The van der Waals surface area contributed by atoms with E-state index in [1.807, 2.05) is 61.5 Å². The van der Waals surface area contributed by atoms with Gasteiger partial charge >= 0.3 is 0 Å². The number of sulfonamides is 1. The molecule has 0 aliphatic carbocycles. The molecule has 214 valence electrons. The molecule has 10 heteroatoms. The first-order valence-electron chi connectivity index (χ1n) is 13.1. The number of rotatable bonds is 13. The molecule has 0 saturated carbocycles. The first kappa shape index (κ1) is 31.6. The molecular formula is C30H35BrClN3O4S. The Morgan fingerprint density at radius 1 is 0.975 bits per heavy atom. The van der Waals surface area contributed by atoms with Crippen LogP contribution in [-0.2, 0) is 32.6 Å². The summed E-state index contributed by atoms with van der Waals surface area (Å²) in [5.41, 5.74) is 2.55. The minimum Gasteiger partial charge on any atom is -0.354 e. The molecule has 0 aliphatic heterocycles. The lowest BCUT2D eigenvalue weighted by molar-refractivity contribution is -0.140. The maximum atomic E-state index is 14.1. The quantitative estimate of drug-likeness (QED) is 0.240. The number of benzene rings is 3. The normalized spacial score (nSPS) is 12.0. The summed E-state index contributed by atoms with van der Waals surface area (Å²) in [6, 6.07) is 21.0. The number of nitrogens with one attached hydrogen (secondary N) is 1. The molecule has 0 fully saturated rings. The third-order valence-corrected chi connectivity index (χ3v) is 8.62. The van der Waals surface area contributed by atoms with Crippen LogP contribution in [-0.4, -0.2) is 50.5 Å². The number of carbonyl (C=O) groups is 2.